The van der Waals surface area contributed by atoms with Crippen molar-refractivity contribution < 1.29 is 17.6 Å². The lowest BCUT2D eigenvalue weighted by molar-refractivity contribution is 0.0835. The average Bonchev–Trinajstić information content (AvgIpc) is 2.85. The fourth-order valence-electron chi connectivity index (χ4n) is 3.44. The maximum Gasteiger partial charge on any atom is 0.317 e. The van der Waals surface area contributed by atoms with E-state index in [2.05, 4.69) is 5.32 Å². The highest BCUT2D eigenvalue weighted by atomic mass is 32.2. The lowest BCUT2D eigenvalue weighted by Gasteiger charge is -2.42. The highest BCUT2D eigenvalue weighted by Gasteiger charge is 2.46. The number of rotatable bonds is 3. The first kappa shape index (κ1) is 17.2. The van der Waals surface area contributed by atoms with Crippen molar-refractivity contribution >= 4 is 15.9 Å². The first-order valence-electron chi connectivity index (χ1n) is 8.05. The zero-order valence-corrected chi connectivity index (χ0v) is 14.4. The van der Waals surface area contributed by atoms with Crippen LogP contribution in [0.2, 0.25) is 0 Å². The second-order valence-corrected chi connectivity index (χ2v) is 8.65. The Bertz CT molecular complexity index is 708. The Morgan fingerprint density at radius 1 is 1.21 bits per heavy atom. The molecule has 1 aromatic rings. The number of carbonyl (C=O) groups is 1. The van der Waals surface area contributed by atoms with Crippen LogP contribution in [0.1, 0.15) is 5.56 Å². The van der Waals surface area contributed by atoms with Crippen LogP contribution in [-0.4, -0.2) is 74.5 Å². The first-order chi connectivity index (χ1) is 11.4. The number of urea groups is 1. The fraction of sp³-hybridized carbons (Fsp3) is 0.562. The van der Waals surface area contributed by atoms with Gasteiger partial charge in [-0.1, -0.05) is 12.1 Å². The summed E-state index contributed by atoms with van der Waals surface area (Å²) in [5.41, 5.74) is 0.941. The van der Waals surface area contributed by atoms with Crippen LogP contribution in [0.5, 0.6) is 0 Å². The van der Waals surface area contributed by atoms with Gasteiger partial charge >= 0.3 is 6.03 Å². The van der Waals surface area contributed by atoms with Gasteiger partial charge in [-0.15, -0.1) is 0 Å². The zero-order valence-electron chi connectivity index (χ0n) is 13.6. The van der Waals surface area contributed by atoms with Gasteiger partial charge in [0.25, 0.3) is 0 Å². The number of nitrogens with zero attached hydrogens (tertiary/aromatic N) is 2. The molecule has 6 nitrogen and oxygen atoms in total. The number of hydrogen-bond acceptors (Lipinski definition) is 4. The number of amides is 2. The van der Waals surface area contributed by atoms with E-state index >= 15 is 0 Å². The van der Waals surface area contributed by atoms with Crippen LogP contribution in [0.3, 0.4) is 0 Å². The minimum atomic E-state index is -3.09. The number of carbonyl (C=O) groups excluding carboxylic acids is 1. The Labute approximate surface area is 141 Å². The second-order valence-electron chi connectivity index (χ2n) is 6.49. The normalized spacial score (nSPS) is 26.2. The second kappa shape index (κ2) is 6.68. The molecule has 2 amide bonds. The van der Waals surface area contributed by atoms with Crippen molar-refractivity contribution in [3.05, 3.63) is 35.6 Å². The predicted octanol–water partition coefficient (Wildman–Crippen LogP) is 0.491. The molecule has 1 N–H and O–H groups in total. The molecule has 2 fully saturated rings. The maximum atomic E-state index is 12.9. The topological polar surface area (TPSA) is 69.7 Å². The fourth-order valence-corrected chi connectivity index (χ4v) is 5.50. The van der Waals surface area contributed by atoms with Crippen LogP contribution in [0.15, 0.2) is 24.3 Å². The van der Waals surface area contributed by atoms with E-state index in [0.717, 1.165) is 5.56 Å². The number of piperazine rings is 1. The molecule has 2 aliphatic heterocycles. The van der Waals surface area contributed by atoms with Gasteiger partial charge in [-0.2, -0.15) is 0 Å². The van der Waals surface area contributed by atoms with Crippen molar-refractivity contribution in [2.24, 2.45) is 0 Å². The third kappa shape index (κ3) is 3.70. The van der Waals surface area contributed by atoms with E-state index in [1.807, 2.05) is 11.9 Å². The molecule has 2 heterocycles. The minimum Gasteiger partial charge on any atom is -0.338 e. The van der Waals surface area contributed by atoms with Crippen molar-refractivity contribution in [3.8, 4) is 0 Å². The Kier molecular flexibility index (Phi) is 4.78. The molecular formula is C16H22FN3O3S. The summed E-state index contributed by atoms with van der Waals surface area (Å²) in [5.74, 6) is -0.130. The number of halogens is 1. The van der Waals surface area contributed by atoms with Gasteiger partial charge in [-0.25, -0.2) is 17.6 Å². The third-order valence-electron chi connectivity index (χ3n) is 4.82. The summed E-state index contributed by atoms with van der Waals surface area (Å²) in [5, 5.41) is 2.85. The Hall–Kier alpha value is -1.67. The molecule has 0 aliphatic carbocycles. The SMILES string of the molecule is CN1CCN(C(=O)NCCc2ccc(F)cc2)[C@@H]2CS(=O)(=O)C[C@@H]21. The number of nitrogens with one attached hydrogen (secondary N) is 1. The summed E-state index contributed by atoms with van der Waals surface area (Å²) in [7, 11) is -1.19. The van der Waals surface area contributed by atoms with Crippen LogP contribution in [0.4, 0.5) is 9.18 Å². The third-order valence-corrected chi connectivity index (χ3v) is 6.52. The van der Waals surface area contributed by atoms with Gasteiger partial charge in [0.15, 0.2) is 9.84 Å². The smallest absolute Gasteiger partial charge is 0.317 e. The molecule has 0 radical (unpaired) electrons. The van der Waals surface area contributed by atoms with Gasteiger partial charge in [0.1, 0.15) is 5.82 Å². The van der Waals surface area contributed by atoms with Crippen LogP contribution < -0.4 is 5.32 Å². The van der Waals surface area contributed by atoms with E-state index in [9.17, 15) is 17.6 Å². The summed E-state index contributed by atoms with van der Waals surface area (Å²) in [6.07, 6.45) is 0.603. The molecule has 8 heteroatoms. The van der Waals surface area contributed by atoms with Crippen molar-refractivity contribution in [1.29, 1.82) is 0 Å². The van der Waals surface area contributed by atoms with Gasteiger partial charge in [-0.3, -0.25) is 4.90 Å². The quantitative estimate of drug-likeness (QED) is 0.857. The van der Waals surface area contributed by atoms with Crippen LogP contribution >= 0.6 is 0 Å². The largest absolute Gasteiger partial charge is 0.338 e. The van der Waals surface area contributed by atoms with Crippen LogP contribution in [0, 0.1) is 5.82 Å². The monoisotopic (exact) mass is 355 g/mol. The van der Waals surface area contributed by atoms with Crippen molar-refractivity contribution in [1.82, 2.24) is 15.1 Å². The minimum absolute atomic E-state index is 0.0351. The Morgan fingerprint density at radius 2 is 1.88 bits per heavy atom. The zero-order chi connectivity index (χ0) is 17.3. The predicted molar refractivity (Wildman–Crippen MR) is 89.1 cm³/mol. The number of fused-ring (bicyclic) bond motifs is 1. The number of hydrogen-bond donors (Lipinski definition) is 1. The van der Waals surface area contributed by atoms with Crippen molar-refractivity contribution in [2.45, 2.75) is 18.5 Å². The van der Waals surface area contributed by atoms with Gasteiger partial charge < -0.3 is 10.2 Å². The summed E-state index contributed by atoms with van der Waals surface area (Å²) in [6.45, 7) is 1.62. The lowest BCUT2D eigenvalue weighted by Crippen LogP contribution is -2.61. The molecule has 0 aromatic heterocycles. The summed E-state index contributed by atoms with van der Waals surface area (Å²) in [4.78, 5) is 16.1. The number of likely N-dealkylation sites (N-methyl/N-ethyl adjacent to an activating group) is 1. The molecule has 0 bridgehead atoms. The lowest BCUT2D eigenvalue weighted by atomic mass is 10.1. The molecule has 0 spiro atoms. The van der Waals surface area contributed by atoms with Gasteiger partial charge in [0.2, 0.25) is 0 Å². The molecule has 3 rings (SSSR count). The summed E-state index contributed by atoms with van der Waals surface area (Å²) in [6, 6.07) is 5.55. The average molecular weight is 355 g/mol. The van der Waals surface area contributed by atoms with E-state index in [-0.39, 0.29) is 35.4 Å². The van der Waals surface area contributed by atoms with E-state index < -0.39 is 9.84 Å². The molecule has 2 aliphatic rings. The number of benzene rings is 1. The van der Waals surface area contributed by atoms with Gasteiger partial charge in [0.05, 0.1) is 17.5 Å². The van der Waals surface area contributed by atoms with Crippen LogP contribution in [0.25, 0.3) is 0 Å². The first-order valence-corrected chi connectivity index (χ1v) is 9.87. The summed E-state index contributed by atoms with van der Waals surface area (Å²) < 4.78 is 36.7. The highest BCUT2D eigenvalue weighted by molar-refractivity contribution is 7.91. The molecule has 132 valence electrons. The van der Waals surface area contributed by atoms with Gasteiger partial charge in [0, 0.05) is 25.7 Å². The van der Waals surface area contributed by atoms with E-state index in [1.54, 1.807) is 17.0 Å². The standard InChI is InChI=1S/C16H22FN3O3S/c1-19-8-9-20(15-11-24(22,23)10-14(15)19)16(21)18-7-6-12-2-4-13(17)5-3-12/h2-5,14-15H,6-11H2,1H3,(H,18,21)/t14-,15+/m0/s1. The molecule has 2 atom stereocenters. The Morgan fingerprint density at radius 3 is 2.58 bits per heavy atom. The van der Waals surface area contributed by atoms with E-state index in [0.29, 0.717) is 26.1 Å². The molecule has 24 heavy (non-hydrogen) atoms. The molecule has 2 saturated heterocycles. The highest BCUT2D eigenvalue weighted by Crippen LogP contribution is 2.25. The summed E-state index contributed by atoms with van der Waals surface area (Å²) >= 11 is 0. The number of sulfone groups is 1. The molecule has 1 aromatic carbocycles. The molecule has 0 unspecified atom stereocenters. The van der Waals surface area contributed by atoms with Crippen molar-refractivity contribution in [3.63, 3.8) is 0 Å². The van der Waals surface area contributed by atoms with Gasteiger partial charge in [-0.05, 0) is 31.2 Å². The van der Waals surface area contributed by atoms with E-state index in [4.69, 9.17) is 0 Å². The van der Waals surface area contributed by atoms with E-state index in [1.165, 1.54) is 12.1 Å². The molecular weight excluding hydrogens is 333 g/mol. The maximum absolute atomic E-state index is 12.9. The Balaban J connectivity index is 1.57. The van der Waals surface area contributed by atoms with Crippen molar-refractivity contribution in [2.75, 3.05) is 38.2 Å². The molecule has 0 saturated carbocycles. The van der Waals surface area contributed by atoms with Crippen LogP contribution in [-0.2, 0) is 16.3 Å².